The maximum Gasteiger partial charge on any atom is 0.0540 e. The highest BCUT2D eigenvalue weighted by molar-refractivity contribution is 9.10. The molecule has 1 atom stereocenters. The zero-order chi connectivity index (χ0) is 11.3. The van der Waals surface area contributed by atoms with Crippen molar-refractivity contribution < 1.29 is 0 Å². The minimum Gasteiger partial charge on any atom is -0.381 e. The van der Waals surface area contributed by atoms with Crippen LogP contribution in [-0.4, -0.2) is 11.0 Å². The fraction of sp³-hybridized carbons (Fsp3) is 0.583. The molecule has 0 aliphatic carbocycles. The standard InChI is InChI=1S/C12H19BrN2/c1-4-10(5-2)9(3)15-12-6-11(13)7-14-8-12/h6-10,15H,4-5H2,1-3H3. The summed E-state index contributed by atoms with van der Waals surface area (Å²) < 4.78 is 1.02. The first-order valence-corrected chi connectivity index (χ1v) is 6.33. The van der Waals surface area contributed by atoms with Gasteiger partial charge in [0.1, 0.15) is 0 Å². The van der Waals surface area contributed by atoms with Crippen molar-refractivity contribution in [2.75, 3.05) is 5.32 Å². The predicted molar refractivity (Wildman–Crippen MR) is 69.1 cm³/mol. The largest absolute Gasteiger partial charge is 0.381 e. The third-order valence-corrected chi connectivity index (χ3v) is 3.29. The van der Waals surface area contributed by atoms with Gasteiger partial charge in [-0.3, -0.25) is 4.98 Å². The molecular formula is C12H19BrN2. The third-order valence-electron chi connectivity index (χ3n) is 2.86. The van der Waals surface area contributed by atoms with Gasteiger partial charge in [-0.1, -0.05) is 26.7 Å². The molecule has 1 rings (SSSR count). The zero-order valence-corrected chi connectivity index (χ0v) is 11.2. The topological polar surface area (TPSA) is 24.9 Å². The lowest BCUT2D eigenvalue weighted by atomic mass is 9.95. The van der Waals surface area contributed by atoms with E-state index in [1.54, 1.807) is 6.20 Å². The van der Waals surface area contributed by atoms with E-state index in [9.17, 15) is 0 Å². The second-order valence-corrected chi connectivity index (χ2v) is 4.82. The summed E-state index contributed by atoms with van der Waals surface area (Å²) >= 11 is 3.42. The molecule has 0 aromatic carbocycles. The van der Waals surface area contributed by atoms with Crippen LogP contribution in [0.25, 0.3) is 0 Å². The zero-order valence-electron chi connectivity index (χ0n) is 9.63. The van der Waals surface area contributed by atoms with Crippen LogP contribution in [0, 0.1) is 5.92 Å². The van der Waals surface area contributed by atoms with E-state index in [1.807, 2.05) is 6.20 Å². The Hall–Kier alpha value is -0.570. The molecule has 84 valence electrons. The molecule has 1 unspecified atom stereocenters. The maximum atomic E-state index is 4.14. The molecule has 1 aromatic heterocycles. The molecule has 0 saturated heterocycles. The lowest BCUT2D eigenvalue weighted by molar-refractivity contribution is 0.438. The summed E-state index contributed by atoms with van der Waals surface area (Å²) in [5.74, 6) is 0.726. The van der Waals surface area contributed by atoms with Crippen molar-refractivity contribution in [2.24, 2.45) is 5.92 Å². The Morgan fingerprint density at radius 3 is 2.53 bits per heavy atom. The summed E-state index contributed by atoms with van der Waals surface area (Å²) in [5, 5.41) is 3.49. The van der Waals surface area contributed by atoms with E-state index >= 15 is 0 Å². The van der Waals surface area contributed by atoms with Gasteiger partial charge >= 0.3 is 0 Å². The number of anilines is 1. The van der Waals surface area contributed by atoms with Gasteiger partial charge in [-0.15, -0.1) is 0 Å². The Labute approximate surface area is 101 Å². The first-order valence-electron chi connectivity index (χ1n) is 5.54. The highest BCUT2D eigenvalue weighted by Crippen LogP contribution is 2.19. The monoisotopic (exact) mass is 270 g/mol. The van der Waals surface area contributed by atoms with Crippen LogP contribution in [0.1, 0.15) is 33.6 Å². The summed E-state index contributed by atoms with van der Waals surface area (Å²) in [7, 11) is 0. The number of nitrogens with zero attached hydrogens (tertiary/aromatic N) is 1. The van der Waals surface area contributed by atoms with E-state index in [2.05, 4.69) is 53.1 Å². The van der Waals surface area contributed by atoms with Crippen LogP contribution in [0.4, 0.5) is 5.69 Å². The van der Waals surface area contributed by atoms with E-state index in [4.69, 9.17) is 0 Å². The molecule has 2 nitrogen and oxygen atoms in total. The van der Waals surface area contributed by atoms with E-state index in [1.165, 1.54) is 12.8 Å². The molecule has 0 spiro atoms. The lowest BCUT2D eigenvalue weighted by Gasteiger charge is -2.23. The molecule has 1 aromatic rings. The van der Waals surface area contributed by atoms with Crippen molar-refractivity contribution in [3.63, 3.8) is 0 Å². The second kappa shape index (κ2) is 6.11. The van der Waals surface area contributed by atoms with Gasteiger partial charge in [-0.05, 0) is 34.8 Å². The van der Waals surface area contributed by atoms with Gasteiger partial charge in [0.2, 0.25) is 0 Å². The molecule has 0 aliphatic rings. The molecule has 0 fully saturated rings. The van der Waals surface area contributed by atoms with Gasteiger partial charge in [0.25, 0.3) is 0 Å². The van der Waals surface area contributed by atoms with Crippen molar-refractivity contribution in [3.8, 4) is 0 Å². The molecule has 1 heterocycles. The molecule has 0 saturated carbocycles. The molecule has 1 N–H and O–H groups in total. The molecular weight excluding hydrogens is 252 g/mol. The minimum absolute atomic E-state index is 0.496. The Bertz CT molecular complexity index is 297. The highest BCUT2D eigenvalue weighted by atomic mass is 79.9. The van der Waals surface area contributed by atoms with Crippen molar-refractivity contribution in [1.82, 2.24) is 4.98 Å². The van der Waals surface area contributed by atoms with E-state index in [0.29, 0.717) is 6.04 Å². The summed E-state index contributed by atoms with van der Waals surface area (Å²) in [6.07, 6.45) is 6.09. The van der Waals surface area contributed by atoms with Crippen LogP contribution < -0.4 is 5.32 Å². The maximum absolute atomic E-state index is 4.14. The van der Waals surface area contributed by atoms with Crippen molar-refractivity contribution in [3.05, 3.63) is 22.9 Å². The fourth-order valence-corrected chi connectivity index (χ4v) is 2.23. The number of hydrogen-bond acceptors (Lipinski definition) is 2. The highest BCUT2D eigenvalue weighted by Gasteiger charge is 2.12. The van der Waals surface area contributed by atoms with Gasteiger partial charge in [-0.2, -0.15) is 0 Å². The number of nitrogens with one attached hydrogen (secondary N) is 1. The SMILES string of the molecule is CCC(CC)C(C)Nc1cncc(Br)c1. The van der Waals surface area contributed by atoms with E-state index < -0.39 is 0 Å². The summed E-state index contributed by atoms with van der Waals surface area (Å²) in [6.45, 7) is 6.72. The quantitative estimate of drug-likeness (QED) is 0.872. The third kappa shape index (κ3) is 3.82. The molecule has 0 aliphatic heterocycles. The summed E-state index contributed by atoms with van der Waals surface area (Å²) in [6, 6.07) is 2.56. The Balaban J connectivity index is 2.61. The van der Waals surface area contributed by atoms with Crippen LogP contribution in [0.5, 0.6) is 0 Å². The normalized spacial score (nSPS) is 12.9. The van der Waals surface area contributed by atoms with Crippen LogP contribution in [-0.2, 0) is 0 Å². The molecule has 0 bridgehead atoms. The van der Waals surface area contributed by atoms with E-state index in [-0.39, 0.29) is 0 Å². The average Bonchev–Trinajstić information content (AvgIpc) is 2.19. The number of rotatable bonds is 5. The van der Waals surface area contributed by atoms with Crippen LogP contribution in [0.15, 0.2) is 22.9 Å². The lowest BCUT2D eigenvalue weighted by Crippen LogP contribution is -2.24. The van der Waals surface area contributed by atoms with Gasteiger partial charge < -0.3 is 5.32 Å². The van der Waals surface area contributed by atoms with Crippen molar-refractivity contribution >= 4 is 21.6 Å². The minimum atomic E-state index is 0.496. The fourth-order valence-electron chi connectivity index (χ4n) is 1.87. The Kier molecular flexibility index (Phi) is 5.09. The molecule has 0 radical (unpaired) electrons. The number of hydrogen-bond donors (Lipinski definition) is 1. The number of aromatic nitrogens is 1. The first-order chi connectivity index (χ1) is 7.17. The van der Waals surface area contributed by atoms with Crippen molar-refractivity contribution in [1.29, 1.82) is 0 Å². The van der Waals surface area contributed by atoms with Gasteiger partial charge in [-0.25, -0.2) is 0 Å². The number of pyridine rings is 1. The van der Waals surface area contributed by atoms with Crippen molar-refractivity contribution in [2.45, 2.75) is 39.7 Å². The van der Waals surface area contributed by atoms with Gasteiger partial charge in [0.15, 0.2) is 0 Å². The van der Waals surface area contributed by atoms with Gasteiger partial charge in [0.05, 0.1) is 11.9 Å². The summed E-state index contributed by atoms with van der Waals surface area (Å²) in [4.78, 5) is 4.14. The Morgan fingerprint density at radius 1 is 1.33 bits per heavy atom. The molecule has 0 amide bonds. The predicted octanol–water partition coefficient (Wildman–Crippen LogP) is 4.08. The average molecular weight is 271 g/mol. The number of halogens is 1. The van der Waals surface area contributed by atoms with Crippen LogP contribution in [0.3, 0.4) is 0 Å². The smallest absolute Gasteiger partial charge is 0.0540 e. The first kappa shape index (κ1) is 12.5. The molecule has 15 heavy (non-hydrogen) atoms. The van der Waals surface area contributed by atoms with E-state index in [0.717, 1.165) is 16.1 Å². The second-order valence-electron chi connectivity index (χ2n) is 3.90. The molecule has 3 heteroatoms. The van der Waals surface area contributed by atoms with Gasteiger partial charge in [0, 0.05) is 16.7 Å². The summed E-state index contributed by atoms with van der Waals surface area (Å²) in [5.41, 5.74) is 1.09. The Morgan fingerprint density at radius 2 is 2.00 bits per heavy atom. The van der Waals surface area contributed by atoms with Crippen LogP contribution in [0.2, 0.25) is 0 Å². The van der Waals surface area contributed by atoms with Crippen LogP contribution >= 0.6 is 15.9 Å².